The molecule has 0 aromatic rings. The maximum atomic E-state index is 11.5. The zero-order valence-corrected chi connectivity index (χ0v) is 8.17. The number of hydrogen-bond donors (Lipinski definition) is 1. The van der Waals surface area contributed by atoms with E-state index in [2.05, 4.69) is 11.4 Å². The Morgan fingerprint density at radius 1 is 1.69 bits per heavy atom. The normalized spacial score (nSPS) is 42.0. The molecule has 72 valence electrons. The van der Waals surface area contributed by atoms with E-state index in [-0.39, 0.29) is 12.0 Å². The predicted octanol–water partition coefficient (Wildman–Crippen LogP) is 0.685. The molecule has 3 nitrogen and oxygen atoms in total. The molecule has 2 bridgehead atoms. The first-order chi connectivity index (χ1) is 6.16. The highest BCUT2D eigenvalue weighted by Gasteiger charge is 2.50. The van der Waals surface area contributed by atoms with E-state index in [0.717, 1.165) is 6.54 Å². The van der Waals surface area contributed by atoms with Crippen LogP contribution in [-0.2, 0) is 9.53 Å². The minimum Gasteiger partial charge on any atom is -0.468 e. The van der Waals surface area contributed by atoms with E-state index in [9.17, 15) is 4.79 Å². The number of halogens is 1. The Bertz CT molecular complexity index is 266. The van der Waals surface area contributed by atoms with Crippen molar-refractivity contribution in [2.24, 2.45) is 5.92 Å². The monoisotopic (exact) mass is 201 g/mol. The van der Waals surface area contributed by atoms with E-state index in [1.807, 2.05) is 6.08 Å². The number of fused-ring (bicyclic) bond motifs is 2. The van der Waals surface area contributed by atoms with E-state index in [1.165, 1.54) is 7.11 Å². The molecule has 2 heterocycles. The van der Waals surface area contributed by atoms with Crippen LogP contribution in [0.1, 0.15) is 6.42 Å². The van der Waals surface area contributed by atoms with Gasteiger partial charge in [0.05, 0.1) is 13.2 Å². The zero-order valence-electron chi connectivity index (χ0n) is 7.42. The second-order valence-corrected chi connectivity index (χ2v) is 4.26. The SMILES string of the molecule is COC(=O)[C@]1(Cl)CC2C=C[C@H]1NC2. The van der Waals surface area contributed by atoms with Gasteiger partial charge >= 0.3 is 5.97 Å². The summed E-state index contributed by atoms with van der Waals surface area (Å²) in [5.74, 6) is 0.0299. The molecule has 4 heteroatoms. The highest BCUT2D eigenvalue weighted by molar-refractivity contribution is 6.35. The molecule has 1 fully saturated rings. The first kappa shape index (κ1) is 9.03. The summed E-state index contributed by atoms with van der Waals surface area (Å²) in [5.41, 5.74) is 0. The Morgan fingerprint density at radius 3 is 2.85 bits per heavy atom. The van der Waals surface area contributed by atoms with Gasteiger partial charge in [0.25, 0.3) is 0 Å². The van der Waals surface area contributed by atoms with Crippen molar-refractivity contribution in [3.63, 3.8) is 0 Å². The summed E-state index contributed by atoms with van der Waals surface area (Å²) < 4.78 is 4.70. The molecule has 0 amide bonds. The quantitative estimate of drug-likeness (QED) is 0.385. The Labute approximate surface area is 82.1 Å². The van der Waals surface area contributed by atoms with Gasteiger partial charge < -0.3 is 10.1 Å². The molecule has 3 rings (SSSR count). The number of rotatable bonds is 1. The van der Waals surface area contributed by atoms with Gasteiger partial charge in [-0.3, -0.25) is 4.79 Å². The minimum absolute atomic E-state index is 0.0772. The van der Waals surface area contributed by atoms with Crippen molar-refractivity contribution in [1.29, 1.82) is 0 Å². The summed E-state index contributed by atoms with van der Waals surface area (Å²) in [6.45, 7) is 0.909. The average molecular weight is 202 g/mol. The van der Waals surface area contributed by atoms with Crippen molar-refractivity contribution < 1.29 is 9.53 Å². The Hall–Kier alpha value is -0.540. The second-order valence-electron chi connectivity index (χ2n) is 3.59. The van der Waals surface area contributed by atoms with Crippen LogP contribution in [0.15, 0.2) is 12.2 Å². The van der Waals surface area contributed by atoms with Crippen molar-refractivity contribution in [3.05, 3.63) is 12.2 Å². The van der Waals surface area contributed by atoms with Crippen LogP contribution in [0.25, 0.3) is 0 Å². The van der Waals surface area contributed by atoms with E-state index in [1.54, 1.807) is 0 Å². The molecule has 0 aromatic carbocycles. The highest BCUT2D eigenvalue weighted by Crippen LogP contribution is 2.38. The maximum absolute atomic E-state index is 11.5. The van der Waals surface area contributed by atoms with Crippen LogP contribution in [0.2, 0.25) is 0 Å². The van der Waals surface area contributed by atoms with E-state index in [4.69, 9.17) is 16.3 Å². The number of carbonyl (C=O) groups excluding carboxylic acids is 1. The van der Waals surface area contributed by atoms with Crippen LogP contribution in [-0.4, -0.2) is 30.5 Å². The first-order valence-electron chi connectivity index (χ1n) is 4.36. The third-order valence-electron chi connectivity index (χ3n) is 2.75. The molecule has 0 saturated carbocycles. The number of esters is 1. The Kier molecular flexibility index (Phi) is 2.08. The highest BCUT2D eigenvalue weighted by atomic mass is 35.5. The third kappa shape index (κ3) is 1.27. The van der Waals surface area contributed by atoms with Crippen LogP contribution >= 0.6 is 11.6 Å². The topological polar surface area (TPSA) is 38.3 Å². The van der Waals surface area contributed by atoms with Crippen LogP contribution in [0.4, 0.5) is 0 Å². The van der Waals surface area contributed by atoms with Crippen molar-refractivity contribution in [3.8, 4) is 0 Å². The van der Waals surface area contributed by atoms with Gasteiger partial charge in [-0.2, -0.15) is 0 Å². The summed E-state index contributed by atoms with van der Waals surface area (Å²) in [7, 11) is 1.37. The standard InChI is InChI=1S/C9H12ClNO2/c1-13-8(12)9(10)4-6-2-3-7(9)11-5-6/h2-3,6-7,11H,4-5H2,1H3/t6?,7-,9+/m1/s1. The fourth-order valence-corrected chi connectivity index (χ4v) is 2.45. The minimum atomic E-state index is -0.883. The van der Waals surface area contributed by atoms with E-state index in [0.29, 0.717) is 12.3 Å². The fourth-order valence-electron chi connectivity index (χ4n) is 2.03. The molecule has 1 unspecified atom stereocenters. The predicted molar refractivity (Wildman–Crippen MR) is 49.6 cm³/mol. The fraction of sp³-hybridized carbons (Fsp3) is 0.667. The lowest BCUT2D eigenvalue weighted by Crippen LogP contribution is -2.60. The largest absolute Gasteiger partial charge is 0.468 e. The lowest BCUT2D eigenvalue weighted by Gasteiger charge is -2.42. The van der Waals surface area contributed by atoms with Crippen LogP contribution in [0.5, 0.6) is 0 Å². The number of methoxy groups -OCH3 is 1. The molecule has 13 heavy (non-hydrogen) atoms. The smallest absolute Gasteiger partial charge is 0.328 e. The summed E-state index contributed by atoms with van der Waals surface area (Å²) in [4.78, 5) is 10.6. The van der Waals surface area contributed by atoms with Crippen LogP contribution < -0.4 is 5.32 Å². The number of hydrogen-bond acceptors (Lipinski definition) is 3. The maximum Gasteiger partial charge on any atom is 0.328 e. The number of piperidine rings is 1. The van der Waals surface area contributed by atoms with Crippen molar-refractivity contribution in [2.75, 3.05) is 13.7 Å². The van der Waals surface area contributed by atoms with E-state index >= 15 is 0 Å². The van der Waals surface area contributed by atoms with E-state index < -0.39 is 4.87 Å². The van der Waals surface area contributed by atoms with Crippen LogP contribution in [0.3, 0.4) is 0 Å². The summed E-state index contributed by atoms with van der Waals surface area (Å²) in [6.07, 6.45) is 4.75. The van der Waals surface area contributed by atoms with Crippen molar-refractivity contribution >= 4 is 17.6 Å². The van der Waals surface area contributed by atoms with Crippen LogP contribution in [0, 0.1) is 5.92 Å². The molecular formula is C9H12ClNO2. The number of alkyl halides is 1. The molecular weight excluding hydrogens is 190 g/mol. The second kappa shape index (κ2) is 3.00. The first-order valence-corrected chi connectivity index (χ1v) is 4.73. The molecule has 0 radical (unpaired) electrons. The lowest BCUT2D eigenvalue weighted by atomic mass is 9.78. The van der Waals surface area contributed by atoms with Gasteiger partial charge in [0.1, 0.15) is 0 Å². The molecule has 3 atom stereocenters. The van der Waals surface area contributed by atoms with Gasteiger partial charge in [-0.1, -0.05) is 12.2 Å². The molecule has 1 N–H and O–H groups in total. The van der Waals surface area contributed by atoms with Crippen molar-refractivity contribution in [1.82, 2.24) is 5.32 Å². The number of carbonyl (C=O) groups is 1. The molecule has 1 saturated heterocycles. The summed E-state index contributed by atoms with van der Waals surface area (Å²) in [5, 5.41) is 3.20. The average Bonchev–Trinajstić information content (AvgIpc) is 2.18. The molecule has 2 aliphatic heterocycles. The van der Waals surface area contributed by atoms with Gasteiger partial charge in [0, 0.05) is 6.54 Å². The number of nitrogens with one attached hydrogen (secondary N) is 1. The van der Waals surface area contributed by atoms with Gasteiger partial charge in [0.15, 0.2) is 4.87 Å². The van der Waals surface area contributed by atoms with Gasteiger partial charge in [-0.25, -0.2) is 0 Å². The molecule has 3 aliphatic rings. The molecule has 0 spiro atoms. The molecule has 1 aliphatic carbocycles. The zero-order chi connectivity index (χ0) is 9.47. The summed E-state index contributed by atoms with van der Waals surface area (Å²) >= 11 is 6.23. The van der Waals surface area contributed by atoms with Gasteiger partial charge in [-0.15, -0.1) is 11.6 Å². The summed E-state index contributed by atoms with van der Waals surface area (Å²) in [6, 6.07) is -0.0772. The van der Waals surface area contributed by atoms with Crippen molar-refractivity contribution in [2.45, 2.75) is 17.3 Å². The Morgan fingerprint density at radius 2 is 2.46 bits per heavy atom. The number of ether oxygens (including phenoxy) is 1. The molecule has 0 aromatic heterocycles. The lowest BCUT2D eigenvalue weighted by molar-refractivity contribution is -0.145. The third-order valence-corrected chi connectivity index (χ3v) is 3.30. The van der Waals surface area contributed by atoms with Gasteiger partial charge in [0.2, 0.25) is 0 Å². The Balaban J connectivity index is 2.25. The van der Waals surface area contributed by atoms with Gasteiger partial charge in [-0.05, 0) is 12.3 Å².